The van der Waals surface area contributed by atoms with E-state index in [0.717, 1.165) is 29.8 Å². The number of carbonyl (C=O) groups excluding carboxylic acids is 2. The molecule has 2 amide bonds. The molecule has 4 N–H and O–H groups in total. The number of alkyl halides is 3. The number of hydrogen-bond donors (Lipinski definition) is 3. The molecule has 0 fully saturated rings. The molecule has 2 aromatic rings. The highest BCUT2D eigenvalue weighted by atomic mass is 19.4. The van der Waals surface area contributed by atoms with Gasteiger partial charge in [0.25, 0.3) is 5.91 Å². The van der Waals surface area contributed by atoms with E-state index in [1.54, 1.807) is 30.3 Å². The highest BCUT2D eigenvalue weighted by Crippen LogP contribution is 2.29. The van der Waals surface area contributed by atoms with Gasteiger partial charge in [0.05, 0.1) is 5.56 Å². The molecule has 0 radical (unpaired) electrons. The van der Waals surface area contributed by atoms with E-state index in [2.05, 4.69) is 5.32 Å². The van der Waals surface area contributed by atoms with Crippen molar-refractivity contribution in [3.8, 4) is 0 Å². The van der Waals surface area contributed by atoms with Crippen LogP contribution in [0.15, 0.2) is 54.6 Å². The molecular weight excluding hydrogens is 349 g/mol. The van der Waals surface area contributed by atoms with E-state index in [-0.39, 0.29) is 12.0 Å². The van der Waals surface area contributed by atoms with Crippen LogP contribution in [0.2, 0.25) is 0 Å². The molecule has 0 unspecified atom stereocenters. The summed E-state index contributed by atoms with van der Waals surface area (Å²) >= 11 is 0. The molecule has 2 atom stereocenters. The zero-order chi connectivity index (χ0) is 19.3. The van der Waals surface area contributed by atoms with Crippen molar-refractivity contribution in [2.24, 2.45) is 5.73 Å². The Morgan fingerprint density at radius 3 is 2.12 bits per heavy atom. The van der Waals surface area contributed by atoms with Gasteiger partial charge in [0, 0.05) is 6.42 Å². The van der Waals surface area contributed by atoms with Crippen LogP contribution in [0.1, 0.15) is 22.8 Å². The fourth-order valence-corrected chi connectivity index (χ4v) is 2.33. The lowest BCUT2D eigenvalue weighted by atomic mass is 10.0. The molecule has 2 aromatic carbocycles. The minimum Gasteiger partial charge on any atom is -0.378 e. The Kier molecular flexibility index (Phi) is 5.99. The molecule has 0 bridgehead atoms. The smallest absolute Gasteiger partial charge is 0.378 e. The summed E-state index contributed by atoms with van der Waals surface area (Å²) in [5, 5.41) is 12.4. The molecule has 0 aliphatic carbocycles. The average Bonchev–Trinajstić information content (AvgIpc) is 2.60. The van der Waals surface area contributed by atoms with E-state index in [9.17, 15) is 27.9 Å². The molecule has 8 heteroatoms. The van der Waals surface area contributed by atoms with E-state index < -0.39 is 35.7 Å². The molecule has 26 heavy (non-hydrogen) atoms. The van der Waals surface area contributed by atoms with Crippen LogP contribution in [0.25, 0.3) is 0 Å². The largest absolute Gasteiger partial charge is 0.416 e. The fraction of sp³-hybridized carbons (Fsp3) is 0.222. The van der Waals surface area contributed by atoms with Crippen molar-refractivity contribution in [2.45, 2.75) is 24.7 Å². The first-order chi connectivity index (χ1) is 12.2. The number of primary amides is 1. The van der Waals surface area contributed by atoms with E-state index in [1.807, 2.05) is 0 Å². The summed E-state index contributed by atoms with van der Waals surface area (Å²) in [6.45, 7) is 0. The molecule has 0 aliphatic heterocycles. The number of hydrogen-bond acceptors (Lipinski definition) is 3. The lowest BCUT2D eigenvalue weighted by Crippen LogP contribution is -2.47. The minimum absolute atomic E-state index is 0.0292. The van der Waals surface area contributed by atoms with Crippen LogP contribution in [-0.4, -0.2) is 23.0 Å². The topological polar surface area (TPSA) is 92.4 Å². The van der Waals surface area contributed by atoms with Gasteiger partial charge in [-0.1, -0.05) is 42.5 Å². The highest BCUT2D eigenvalue weighted by Gasteiger charge is 2.31. The molecule has 5 nitrogen and oxygen atoms in total. The summed E-state index contributed by atoms with van der Waals surface area (Å²) in [4.78, 5) is 23.7. The molecule has 0 heterocycles. The Balaban J connectivity index is 2.07. The van der Waals surface area contributed by atoms with Gasteiger partial charge in [-0.05, 0) is 23.3 Å². The van der Waals surface area contributed by atoms with Gasteiger partial charge in [-0.3, -0.25) is 9.59 Å². The Morgan fingerprint density at radius 2 is 1.62 bits per heavy atom. The molecule has 0 saturated carbocycles. The van der Waals surface area contributed by atoms with E-state index in [0.29, 0.717) is 0 Å². The van der Waals surface area contributed by atoms with Crippen LogP contribution in [0.5, 0.6) is 0 Å². The van der Waals surface area contributed by atoms with Gasteiger partial charge in [-0.2, -0.15) is 13.2 Å². The molecule has 0 aromatic heterocycles. The summed E-state index contributed by atoms with van der Waals surface area (Å²) in [5.74, 6) is -1.72. The van der Waals surface area contributed by atoms with Crippen molar-refractivity contribution in [1.82, 2.24) is 5.32 Å². The number of aliphatic hydroxyl groups is 1. The standard InChI is InChI=1S/C18H17F3N2O3/c19-18(20,21)13-8-6-12(7-9-13)15(24)17(26)23-14(16(22)25)10-11-4-2-1-3-5-11/h1-9,14-15,24H,10H2,(H2,22,25)(H,23,26)/t14-,15-/m1/s1. The third-order valence-corrected chi connectivity index (χ3v) is 3.74. The molecule has 0 aliphatic rings. The molecule has 138 valence electrons. The number of rotatable bonds is 6. The third kappa shape index (κ3) is 5.06. The van der Waals surface area contributed by atoms with Crippen molar-refractivity contribution < 1.29 is 27.9 Å². The van der Waals surface area contributed by atoms with Gasteiger partial charge in [-0.25, -0.2) is 0 Å². The Bertz CT molecular complexity index is 762. The van der Waals surface area contributed by atoms with Gasteiger partial charge >= 0.3 is 6.18 Å². The maximum Gasteiger partial charge on any atom is 0.416 e. The number of nitrogens with two attached hydrogens (primary N) is 1. The Labute approximate surface area is 147 Å². The zero-order valence-corrected chi connectivity index (χ0v) is 13.5. The predicted molar refractivity (Wildman–Crippen MR) is 87.7 cm³/mol. The average molecular weight is 366 g/mol. The van der Waals surface area contributed by atoms with Crippen LogP contribution in [0.3, 0.4) is 0 Å². The van der Waals surface area contributed by atoms with Crippen LogP contribution >= 0.6 is 0 Å². The number of aliphatic hydroxyl groups excluding tert-OH is 1. The van der Waals surface area contributed by atoms with Crippen molar-refractivity contribution in [3.05, 3.63) is 71.3 Å². The lowest BCUT2D eigenvalue weighted by Gasteiger charge is -2.18. The van der Waals surface area contributed by atoms with Crippen molar-refractivity contribution >= 4 is 11.8 Å². The van der Waals surface area contributed by atoms with Crippen LogP contribution < -0.4 is 11.1 Å². The van der Waals surface area contributed by atoms with Crippen molar-refractivity contribution in [3.63, 3.8) is 0 Å². The maximum absolute atomic E-state index is 12.6. The first kappa shape index (κ1) is 19.5. The second-order valence-corrected chi connectivity index (χ2v) is 5.68. The van der Waals surface area contributed by atoms with Gasteiger partial charge in [0.15, 0.2) is 6.10 Å². The van der Waals surface area contributed by atoms with Crippen molar-refractivity contribution in [2.75, 3.05) is 0 Å². The Morgan fingerprint density at radius 1 is 1.04 bits per heavy atom. The molecular formula is C18H17F3N2O3. The number of nitrogens with one attached hydrogen (secondary N) is 1. The Hall–Kier alpha value is -2.87. The van der Waals surface area contributed by atoms with E-state index in [4.69, 9.17) is 5.73 Å². The molecule has 0 spiro atoms. The summed E-state index contributed by atoms with van der Waals surface area (Å²) in [5.41, 5.74) is 5.11. The minimum atomic E-state index is -4.52. The summed E-state index contributed by atoms with van der Waals surface area (Å²) in [6.07, 6.45) is -6.12. The number of halogens is 3. The zero-order valence-electron chi connectivity index (χ0n) is 13.5. The quantitative estimate of drug-likeness (QED) is 0.730. The first-order valence-electron chi connectivity index (χ1n) is 7.67. The van der Waals surface area contributed by atoms with Crippen LogP contribution in [0, 0.1) is 0 Å². The lowest BCUT2D eigenvalue weighted by molar-refractivity contribution is -0.137. The number of benzene rings is 2. The van der Waals surface area contributed by atoms with Crippen LogP contribution in [-0.2, 0) is 22.2 Å². The van der Waals surface area contributed by atoms with Crippen molar-refractivity contribution in [1.29, 1.82) is 0 Å². The summed E-state index contributed by atoms with van der Waals surface area (Å²) in [6, 6.07) is 11.3. The second kappa shape index (κ2) is 8.01. The first-order valence-corrected chi connectivity index (χ1v) is 7.67. The maximum atomic E-state index is 12.6. The predicted octanol–water partition coefficient (Wildman–Crippen LogP) is 1.95. The van der Waals surface area contributed by atoms with Gasteiger partial charge < -0.3 is 16.2 Å². The normalized spacial score (nSPS) is 13.7. The fourth-order valence-electron chi connectivity index (χ4n) is 2.33. The number of carbonyl (C=O) groups is 2. The molecule has 2 rings (SSSR count). The SMILES string of the molecule is NC(=O)[C@@H](Cc1ccccc1)NC(=O)[C@H](O)c1ccc(C(F)(F)F)cc1. The number of amides is 2. The molecule has 0 saturated heterocycles. The van der Waals surface area contributed by atoms with Gasteiger partial charge in [-0.15, -0.1) is 0 Å². The van der Waals surface area contributed by atoms with Crippen LogP contribution in [0.4, 0.5) is 13.2 Å². The van der Waals surface area contributed by atoms with E-state index in [1.165, 1.54) is 0 Å². The monoisotopic (exact) mass is 366 g/mol. The summed E-state index contributed by atoms with van der Waals surface area (Å²) < 4.78 is 37.7. The second-order valence-electron chi connectivity index (χ2n) is 5.68. The third-order valence-electron chi connectivity index (χ3n) is 3.74. The van der Waals surface area contributed by atoms with Gasteiger partial charge in [0.1, 0.15) is 6.04 Å². The highest BCUT2D eigenvalue weighted by molar-refractivity contribution is 5.89. The van der Waals surface area contributed by atoms with E-state index >= 15 is 0 Å². The summed E-state index contributed by atoms with van der Waals surface area (Å²) in [7, 11) is 0. The van der Waals surface area contributed by atoms with Gasteiger partial charge in [0.2, 0.25) is 5.91 Å².